The van der Waals surface area contributed by atoms with Crippen molar-refractivity contribution in [2.45, 2.75) is 19.4 Å². The van der Waals surface area contributed by atoms with Gasteiger partial charge in [-0.3, -0.25) is 10.2 Å². The Kier molecular flexibility index (Phi) is 2.30. The first kappa shape index (κ1) is 8.93. The highest BCUT2D eigenvalue weighted by molar-refractivity contribution is 5.82. The largest absolute Gasteiger partial charge is 0.465 e. The molecule has 0 aromatic heterocycles. The zero-order chi connectivity index (χ0) is 9.97. The summed E-state index contributed by atoms with van der Waals surface area (Å²) in [4.78, 5) is 11.2. The summed E-state index contributed by atoms with van der Waals surface area (Å²) < 4.78 is 5.47. The molecule has 0 spiro atoms. The van der Waals surface area contributed by atoms with Gasteiger partial charge in [0.05, 0.1) is 0 Å². The zero-order valence-electron chi connectivity index (χ0n) is 7.96. The molecule has 2 heterocycles. The smallest absolute Gasteiger partial charge is 0.261 e. The fraction of sp³-hybridized carbons (Fsp3) is 0.444. The molecule has 0 aromatic rings. The molecule has 1 saturated heterocycles. The Hall–Kier alpha value is -1.65. The van der Waals surface area contributed by atoms with Crippen LogP contribution in [0.15, 0.2) is 23.7 Å². The van der Waals surface area contributed by atoms with Gasteiger partial charge in [-0.15, -0.1) is 0 Å². The van der Waals surface area contributed by atoms with Crippen molar-refractivity contribution >= 4 is 5.91 Å². The summed E-state index contributed by atoms with van der Waals surface area (Å²) in [6.07, 6.45) is 4.03. The Morgan fingerprint density at radius 2 is 2.43 bits per heavy atom. The fourth-order valence-electron chi connectivity index (χ4n) is 1.41. The van der Waals surface area contributed by atoms with Crippen LogP contribution in [0.2, 0.25) is 0 Å². The molecule has 1 fully saturated rings. The standard InChI is InChI=1S/C9H13N3O2/c1-6-4-8(12-11-5-6)14-7-2-3-10-9(7)13/h4-5,7,11-12H,2-3H2,1H3,(H,10,13)/t7-/m1/s1. The lowest BCUT2D eigenvalue weighted by Gasteiger charge is -2.19. The number of ether oxygens (including phenoxy) is 1. The highest BCUT2D eigenvalue weighted by Gasteiger charge is 2.26. The van der Waals surface area contributed by atoms with E-state index in [1.165, 1.54) is 0 Å². The Balaban J connectivity index is 1.97. The van der Waals surface area contributed by atoms with Crippen molar-refractivity contribution in [1.29, 1.82) is 0 Å². The minimum absolute atomic E-state index is 0.0418. The van der Waals surface area contributed by atoms with Gasteiger partial charge in [-0.25, -0.2) is 0 Å². The second-order valence-electron chi connectivity index (χ2n) is 3.35. The van der Waals surface area contributed by atoms with E-state index in [1.807, 2.05) is 19.2 Å². The Bertz CT molecular complexity index is 309. The van der Waals surface area contributed by atoms with Crippen molar-refractivity contribution in [3.05, 3.63) is 23.7 Å². The highest BCUT2D eigenvalue weighted by atomic mass is 16.5. The molecule has 5 heteroatoms. The van der Waals surface area contributed by atoms with Gasteiger partial charge in [0.1, 0.15) is 0 Å². The lowest BCUT2D eigenvalue weighted by atomic mass is 10.3. The molecule has 1 atom stereocenters. The molecule has 0 unspecified atom stereocenters. The van der Waals surface area contributed by atoms with E-state index in [0.717, 1.165) is 12.0 Å². The van der Waals surface area contributed by atoms with Crippen molar-refractivity contribution in [2.75, 3.05) is 6.54 Å². The summed E-state index contributed by atoms with van der Waals surface area (Å²) in [5.74, 6) is 0.548. The van der Waals surface area contributed by atoms with Gasteiger partial charge in [0.2, 0.25) is 5.88 Å². The van der Waals surface area contributed by atoms with Crippen LogP contribution in [0.1, 0.15) is 13.3 Å². The molecule has 0 bridgehead atoms. The number of allylic oxidation sites excluding steroid dienone is 2. The predicted octanol–water partition coefficient (Wildman–Crippen LogP) is -0.255. The normalized spacial score (nSPS) is 25.5. The van der Waals surface area contributed by atoms with Crippen LogP contribution in [0.3, 0.4) is 0 Å². The van der Waals surface area contributed by atoms with Gasteiger partial charge < -0.3 is 15.5 Å². The zero-order valence-corrected chi connectivity index (χ0v) is 7.96. The summed E-state index contributed by atoms with van der Waals surface area (Å²) in [5, 5.41) is 2.72. The van der Waals surface area contributed by atoms with E-state index in [0.29, 0.717) is 12.4 Å². The lowest BCUT2D eigenvalue weighted by Crippen LogP contribution is -2.34. The molecule has 3 N–H and O–H groups in total. The van der Waals surface area contributed by atoms with Crippen LogP contribution >= 0.6 is 0 Å². The van der Waals surface area contributed by atoms with Crippen molar-refractivity contribution in [2.24, 2.45) is 0 Å². The van der Waals surface area contributed by atoms with Gasteiger partial charge in [0.25, 0.3) is 5.91 Å². The molecule has 2 aliphatic rings. The summed E-state index contributed by atoms with van der Waals surface area (Å²) in [6.45, 7) is 2.64. The Labute approximate surface area is 82.2 Å². The molecule has 14 heavy (non-hydrogen) atoms. The van der Waals surface area contributed by atoms with E-state index in [9.17, 15) is 4.79 Å². The van der Waals surface area contributed by atoms with Crippen LogP contribution < -0.4 is 16.2 Å². The lowest BCUT2D eigenvalue weighted by molar-refractivity contribution is -0.127. The van der Waals surface area contributed by atoms with Crippen LogP contribution in [0.5, 0.6) is 0 Å². The molecule has 2 aliphatic heterocycles. The maximum Gasteiger partial charge on any atom is 0.261 e. The average Bonchev–Trinajstić information content (AvgIpc) is 2.52. The van der Waals surface area contributed by atoms with Crippen molar-refractivity contribution in [1.82, 2.24) is 16.2 Å². The number of hydrazine groups is 1. The second kappa shape index (κ2) is 3.61. The molecular formula is C9H13N3O2. The molecule has 5 nitrogen and oxygen atoms in total. The number of amides is 1. The minimum Gasteiger partial charge on any atom is -0.465 e. The first-order valence-corrected chi connectivity index (χ1v) is 4.60. The van der Waals surface area contributed by atoms with Crippen molar-refractivity contribution in [3.63, 3.8) is 0 Å². The van der Waals surface area contributed by atoms with Crippen molar-refractivity contribution in [3.8, 4) is 0 Å². The van der Waals surface area contributed by atoms with Crippen LogP contribution in [0.4, 0.5) is 0 Å². The van der Waals surface area contributed by atoms with Gasteiger partial charge in [-0.1, -0.05) is 0 Å². The molecule has 0 radical (unpaired) electrons. The van der Waals surface area contributed by atoms with Gasteiger partial charge in [-0.2, -0.15) is 0 Å². The maximum absolute atomic E-state index is 11.2. The number of carbonyl (C=O) groups is 1. The summed E-state index contributed by atoms with van der Waals surface area (Å²) in [5.41, 5.74) is 6.72. The molecule has 2 rings (SSSR count). The maximum atomic E-state index is 11.2. The molecule has 0 aromatic carbocycles. The van der Waals surface area contributed by atoms with E-state index in [-0.39, 0.29) is 12.0 Å². The van der Waals surface area contributed by atoms with E-state index >= 15 is 0 Å². The van der Waals surface area contributed by atoms with E-state index in [1.54, 1.807) is 0 Å². The third kappa shape index (κ3) is 1.81. The van der Waals surface area contributed by atoms with E-state index in [4.69, 9.17) is 4.74 Å². The Morgan fingerprint density at radius 1 is 1.57 bits per heavy atom. The van der Waals surface area contributed by atoms with Crippen LogP contribution in [0.25, 0.3) is 0 Å². The number of rotatable bonds is 2. The SMILES string of the molecule is CC1=CNNC(O[C@@H]2CCNC2=O)=C1. The van der Waals surface area contributed by atoms with Crippen LogP contribution in [-0.2, 0) is 9.53 Å². The number of hydrogen-bond donors (Lipinski definition) is 3. The first-order valence-electron chi connectivity index (χ1n) is 4.60. The predicted molar refractivity (Wildman–Crippen MR) is 50.6 cm³/mol. The summed E-state index contributed by atoms with van der Waals surface area (Å²) in [7, 11) is 0. The van der Waals surface area contributed by atoms with Gasteiger partial charge in [0, 0.05) is 25.2 Å². The highest BCUT2D eigenvalue weighted by Crippen LogP contribution is 2.11. The topological polar surface area (TPSA) is 62.4 Å². The van der Waals surface area contributed by atoms with Crippen molar-refractivity contribution < 1.29 is 9.53 Å². The van der Waals surface area contributed by atoms with Crippen LogP contribution in [-0.4, -0.2) is 18.6 Å². The summed E-state index contributed by atoms with van der Waals surface area (Å²) >= 11 is 0. The molecule has 0 aliphatic carbocycles. The third-order valence-electron chi connectivity index (χ3n) is 2.12. The molecule has 1 amide bonds. The summed E-state index contributed by atoms with van der Waals surface area (Å²) in [6, 6.07) is 0. The fourth-order valence-corrected chi connectivity index (χ4v) is 1.41. The van der Waals surface area contributed by atoms with E-state index in [2.05, 4.69) is 16.2 Å². The van der Waals surface area contributed by atoms with Crippen LogP contribution in [0, 0.1) is 0 Å². The molecular weight excluding hydrogens is 182 g/mol. The monoisotopic (exact) mass is 195 g/mol. The number of hydrogen-bond acceptors (Lipinski definition) is 4. The van der Waals surface area contributed by atoms with Gasteiger partial charge >= 0.3 is 0 Å². The quantitative estimate of drug-likeness (QED) is 0.568. The molecule has 0 saturated carbocycles. The van der Waals surface area contributed by atoms with Gasteiger partial charge in [0.15, 0.2) is 6.10 Å². The number of carbonyl (C=O) groups excluding carboxylic acids is 1. The first-order chi connectivity index (χ1) is 6.75. The second-order valence-corrected chi connectivity index (χ2v) is 3.35. The van der Waals surface area contributed by atoms with Gasteiger partial charge in [-0.05, 0) is 12.5 Å². The van der Waals surface area contributed by atoms with E-state index < -0.39 is 0 Å². The Morgan fingerprint density at radius 3 is 3.07 bits per heavy atom. The average molecular weight is 195 g/mol. The number of nitrogens with one attached hydrogen (secondary N) is 3. The minimum atomic E-state index is -0.360. The molecule has 76 valence electrons. The third-order valence-corrected chi connectivity index (χ3v) is 2.12.